The molecule has 0 saturated carbocycles. The predicted octanol–water partition coefficient (Wildman–Crippen LogP) is 2.53. The molecule has 0 spiro atoms. The summed E-state index contributed by atoms with van der Waals surface area (Å²) in [7, 11) is -2.16. The zero-order valence-electron chi connectivity index (χ0n) is 34.0. The average Bonchev–Trinajstić information content (AvgIpc) is 3.84. The Morgan fingerprint density at radius 1 is 0.966 bits per heavy atom. The largest absolute Gasteiger partial charge is 0.497 e. The third kappa shape index (κ3) is 12.5. The monoisotopic (exact) mass is 858 g/mol. The van der Waals surface area contributed by atoms with Crippen LogP contribution in [-0.2, 0) is 43.1 Å². The first-order valence-corrected chi connectivity index (χ1v) is 22.5. The summed E-state index contributed by atoms with van der Waals surface area (Å²) in [6, 6.07) is 6.33. The van der Waals surface area contributed by atoms with Crippen LogP contribution in [0.4, 0.5) is 5.82 Å². The number of unbranched alkanes of at least 4 members (excludes halogenated alkanes) is 3. The van der Waals surface area contributed by atoms with Crippen LogP contribution in [0.3, 0.4) is 0 Å². The fourth-order valence-electron chi connectivity index (χ4n) is 7.02. The Balaban J connectivity index is 1.24. The van der Waals surface area contributed by atoms with E-state index in [0.29, 0.717) is 29.8 Å². The summed E-state index contributed by atoms with van der Waals surface area (Å²) in [4.78, 5) is 36.3. The maximum atomic E-state index is 13.6. The molecule has 5 rings (SSSR count). The highest BCUT2D eigenvalue weighted by atomic mass is 31.2. The molecule has 0 bridgehead atoms. The highest BCUT2D eigenvalue weighted by molar-refractivity contribution is 7.47. The Kier molecular flexibility index (Phi) is 17.0. The maximum Gasteiger partial charge on any atom is 0.472 e. The molecule has 2 aliphatic heterocycles. The van der Waals surface area contributed by atoms with Gasteiger partial charge in [0.25, 0.3) is 0 Å². The lowest BCUT2D eigenvalue weighted by Crippen LogP contribution is -2.50. The third-order valence-corrected chi connectivity index (χ3v) is 12.3. The molecule has 1 aromatic carbocycles. The van der Waals surface area contributed by atoms with Crippen molar-refractivity contribution in [2.75, 3.05) is 66.1 Å². The first kappa shape index (κ1) is 46.4. The number of methoxy groups -OCH3 is 1. The van der Waals surface area contributed by atoms with Crippen molar-refractivity contribution in [2.45, 2.75) is 94.8 Å². The van der Waals surface area contributed by atoms with Crippen LogP contribution in [0.2, 0.25) is 0 Å². The van der Waals surface area contributed by atoms with Crippen molar-refractivity contribution >= 4 is 32.6 Å². The minimum absolute atomic E-state index is 0.0381. The van der Waals surface area contributed by atoms with Gasteiger partial charge < -0.3 is 50.4 Å². The molecule has 7 N–H and O–H groups in total. The van der Waals surface area contributed by atoms with E-state index in [1.165, 1.54) is 12.7 Å². The number of aliphatic hydroxyl groups excluding tert-OH is 1. The van der Waals surface area contributed by atoms with E-state index in [2.05, 4.69) is 25.6 Å². The quantitative estimate of drug-likeness (QED) is 0.0559. The van der Waals surface area contributed by atoms with Gasteiger partial charge in [0.2, 0.25) is 0 Å². The first-order valence-electron chi connectivity index (χ1n) is 19.5. The van der Waals surface area contributed by atoms with Crippen LogP contribution in [0.1, 0.15) is 51.3 Å². The van der Waals surface area contributed by atoms with E-state index in [1.807, 2.05) is 45.4 Å². The minimum Gasteiger partial charge on any atom is -0.497 e. The van der Waals surface area contributed by atoms with E-state index in [1.54, 1.807) is 30.4 Å². The average molecular weight is 859 g/mol. The number of rotatable bonds is 24. The summed E-state index contributed by atoms with van der Waals surface area (Å²) in [6.07, 6.45) is 1.05. The summed E-state index contributed by atoms with van der Waals surface area (Å²) in [6.45, 7) is 3.78. The maximum absolute atomic E-state index is 13.6. The molecular weight excluding hydrogens is 798 g/mol. The Morgan fingerprint density at radius 3 is 2.38 bits per heavy atom. The number of ether oxygens (including phenoxy) is 3. The molecule has 2 aliphatic rings. The molecule has 2 saturated heterocycles. The van der Waals surface area contributed by atoms with E-state index in [-0.39, 0.29) is 19.2 Å². The van der Waals surface area contributed by atoms with Crippen LogP contribution < -0.4 is 26.0 Å². The van der Waals surface area contributed by atoms with E-state index in [4.69, 9.17) is 38.0 Å². The zero-order valence-corrected chi connectivity index (χ0v) is 35.7. The van der Waals surface area contributed by atoms with E-state index < -0.39 is 77.6 Å². The number of fused-ring (bicyclic) bond motifs is 1. The van der Waals surface area contributed by atoms with E-state index in [9.17, 15) is 24.0 Å². The second kappa shape index (κ2) is 21.2. The lowest BCUT2D eigenvalue weighted by Gasteiger charge is -2.26. The number of nitrogens with zero attached hydrogens (tertiary/aromatic N) is 5. The summed E-state index contributed by atoms with van der Waals surface area (Å²) < 4.78 is 66.8. The molecule has 4 heterocycles. The normalized spacial score (nSPS) is 27.4. The number of hydrogen-bond acceptors (Lipinski definition) is 17. The van der Waals surface area contributed by atoms with Crippen molar-refractivity contribution in [1.29, 1.82) is 0 Å². The number of nitrogens with two attached hydrogens (primary N) is 1. The Hall–Kier alpha value is -2.65. The Labute approximate surface area is 339 Å². The number of imidazole rings is 1. The van der Waals surface area contributed by atoms with Crippen LogP contribution in [0.5, 0.6) is 5.75 Å². The van der Waals surface area contributed by atoms with Gasteiger partial charge in [0.05, 0.1) is 45.4 Å². The summed E-state index contributed by atoms with van der Waals surface area (Å²) >= 11 is 0. The fourth-order valence-corrected chi connectivity index (χ4v) is 8.82. The predicted molar refractivity (Wildman–Crippen MR) is 214 cm³/mol. The molecule has 0 aliphatic carbocycles. The van der Waals surface area contributed by atoms with Crippen molar-refractivity contribution in [3.8, 4) is 5.75 Å². The van der Waals surface area contributed by atoms with Crippen LogP contribution in [0, 0.1) is 5.92 Å². The van der Waals surface area contributed by atoms with Crippen LogP contribution >= 0.6 is 15.6 Å². The van der Waals surface area contributed by atoms with Gasteiger partial charge in [0.15, 0.2) is 23.2 Å². The number of phosphoric ester groups is 2. The van der Waals surface area contributed by atoms with Gasteiger partial charge in [0, 0.05) is 32.6 Å². The smallest absolute Gasteiger partial charge is 0.472 e. The SMILES string of the molecule is CNCCCCCCOP(=O)(O)OCC1OC(C)C(C)C1OP(=O)(O)OCC1OC(n2cnc3c(N(C)C)ncnc32)C(O)C1NCC(N)Cc1ccc(OC)cc1. The second-order valence-corrected chi connectivity index (χ2v) is 17.8. The molecular formula is C36H60N8O12P2. The number of anilines is 1. The van der Waals surface area contributed by atoms with Crippen LogP contribution in [-0.4, -0.2) is 138 Å². The molecule has 0 radical (unpaired) electrons. The fraction of sp³-hybridized carbons (Fsp3) is 0.694. The Morgan fingerprint density at radius 2 is 1.67 bits per heavy atom. The van der Waals surface area contributed by atoms with Gasteiger partial charge >= 0.3 is 15.6 Å². The number of phosphoric acid groups is 2. The molecule has 3 aromatic rings. The van der Waals surface area contributed by atoms with Crippen molar-refractivity contribution in [3.05, 3.63) is 42.5 Å². The van der Waals surface area contributed by atoms with Gasteiger partial charge in [0.1, 0.15) is 36.5 Å². The second-order valence-electron chi connectivity index (χ2n) is 14.9. The summed E-state index contributed by atoms with van der Waals surface area (Å²) in [5, 5.41) is 18.1. The standard InChI is InChI=1S/C36H60N8O12P2/c1-23-24(2)54-29(20-52-57(46,47)51-16-10-8-7-9-15-38-3)33(23)56-58(48,49)53-19-28-30(39-18-26(37)17-25-11-13-27(50-6)14-12-25)32(45)36(55-28)44-22-42-31-34(43(4)5)40-21-41-35(31)44/h11-14,21-24,26,28-30,32-33,36,38-39,45H,7-10,15-20,37H2,1-6H3,(H,46,47)(H,48,49). The van der Waals surface area contributed by atoms with Crippen molar-refractivity contribution in [2.24, 2.45) is 11.7 Å². The number of aromatic nitrogens is 4. The van der Waals surface area contributed by atoms with Crippen LogP contribution in [0.15, 0.2) is 36.9 Å². The van der Waals surface area contributed by atoms with Gasteiger partial charge in [-0.15, -0.1) is 0 Å². The van der Waals surface area contributed by atoms with Gasteiger partial charge in [-0.3, -0.25) is 22.7 Å². The highest BCUT2D eigenvalue weighted by Crippen LogP contribution is 2.50. The Bertz CT molecular complexity index is 1830. The molecule has 2 aromatic heterocycles. The molecule has 20 nitrogen and oxygen atoms in total. The van der Waals surface area contributed by atoms with Gasteiger partial charge in [-0.2, -0.15) is 0 Å². The van der Waals surface area contributed by atoms with Crippen molar-refractivity contribution in [3.63, 3.8) is 0 Å². The zero-order chi connectivity index (χ0) is 42.0. The lowest BCUT2D eigenvalue weighted by molar-refractivity contribution is -0.0533. The third-order valence-electron chi connectivity index (χ3n) is 10.3. The first-order chi connectivity index (χ1) is 27.6. The molecule has 0 amide bonds. The molecule has 326 valence electrons. The van der Waals surface area contributed by atoms with Crippen molar-refractivity contribution < 1.29 is 56.3 Å². The van der Waals surface area contributed by atoms with Crippen LogP contribution in [0.25, 0.3) is 11.2 Å². The summed E-state index contributed by atoms with van der Waals surface area (Å²) in [5.41, 5.74) is 8.40. The minimum atomic E-state index is -4.84. The molecule has 11 atom stereocenters. The van der Waals surface area contributed by atoms with Gasteiger partial charge in [-0.1, -0.05) is 31.9 Å². The van der Waals surface area contributed by atoms with Gasteiger partial charge in [-0.05, 0) is 57.5 Å². The molecule has 11 unspecified atom stereocenters. The number of hydrogen-bond donors (Lipinski definition) is 6. The molecule has 2 fully saturated rings. The van der Waals surface area contributed by atoms with E-state index in [0.717, 1.165) is 37.1 Å². The topological polar surface area (TPSA) is 256 Å². The lowest BCUT2D eigenvalue weighted by atomic mass is 10.00. The molecule has 22 heteroatoms. The number of nitrogens with one attached hydrogen (secondary N) is 2. The molecule has 58 heavy (non-hydrogen) atoms. The van der Waals surface area contributed by atoms with Gasteiger partial charge in [-0.25, -0.2) is 24.1 Å². The number of aliphatic hydroxyl groups is 1. The highest BCUT2D eigenvalue weighted by Gasteiger charge is 2.48. The van der Waals surface area contributed by atoms with E-state index >= 15 is 0 Å². The van der Waals surface area contributed by atoms with Crippen molar-refractivity contribution in [1.82, 2.24) is 30.2 Å². The number of benzene rings is 1. The summed E-state index contributed by atoms with van der Waals surface area (Å²) in [5.74, 6) is 0.869.